The summed E-state index contributed by atoms with van der Waals surface area (Å²) in [4.78, 5) is 0. The molecule has 0 amide bonds. The van der Waals surface area contributed by atoms with Crippen LogP contribution in [0.2, 0.25) is 0 Å². The van der Waals surface area contributed by atoms with E-state index >= 15 is 0 Å². The molecular weight excluding hydrogens is 360 g/mol. The highest BCUT2D eigenvalue weighted by molar-refractivity contribution is 7.86. The molecule has 1 aromatic carbocycles. The number of aryl methyl sites for hydroxylation is 2. The summed E-state index contributed by atoms with van der Waals surface area (Å²) in [6.07, 6.45) is 11.7. The maximum Gasteiger partial charge on any atom is 0.271 e. The average Bonchev–Trinajstić information content (AvgIpc) is 2.63. The van der Waals surface area contributed by atoms with Crippen molar-refractivity contribution in [2.45, 2.75) is 96.7 Å². The van der Waals surface area contributed by atoms with E-state index in [1.54, 1.807) is 6.92 Å². The number of hydrogen-bond donors (Lipinski definition) is 1. The van der Waals surface area contributed by atoms with Crippen LogP contribution >= 0.6 is 0 Å². The third-order valence-electron chi connectivity index (χ3n) is 5.07. The Labute approximate surface area is 166 Å². The van der Waals surface area contributed by atoms with Crippen LogP contribution in [0.4, 0.5) is 0 Å². The van der Waals surface area contributed by atoms with Gasteiger partial charge in [-0.15, -0.1) is 0 Å². The van der Waals surface area contributed by atoms with E-state index in [2.05, 4.69) is 32.0 Å². The van der Waals surface area contributed by atoms with Gasteiger partial charge in [-0.05, 0) is 43.2 Å². The molecule has 4 nitrogen and oxygen atoms in total. The van der Waals surface area contributed by atoms with E-state index in [0.29, 0.717) is 6.42 Å². The van der Waals surface area contributed by atoms with Crippen LogP contribution < -0.4 is 4.74 Å². The molecule has 1 aromatic rings. The van der Waals surface area contributed by atoms with Crippen molar-refractivity contribution in [1.82, 2.24) is 0 Å². The quantitative estimate of drug-likeness (QED) is 0.292. The van der Waals surface area contributed by atoms with Gasteiger partial charge in [-0.2, -0.15) is 8.42 Å². The van der Waals surface area contributed by atoms with Gasteiger partial charge in [-0.3, -0.25) is 4.55 Å². The zero-order chi connectivity index (χ0) is 20.1. The summed E-state index contributed by atoms with van der Waals surface area (Å²) < 4.78 is 38.4. The maximum atomic E-state index is 11.5. The number of ether oxygens (including phenoxy) is 1. The van der Waals surface area contributed by atoms with Crippen molar-refractivity contribution in [3.8, 4) is 5.75 Å². The van der Waals surface area contributed by atoms with Crippen LogP contribution in [-0.4, -0.2) is 24.8 Å². The molecule has 1 atom stereocenters. The molecule has 0 saturated carbocycles. The van der Waals surface area contributed by atoms with E-state index in [9.17, 15) is 13.0 Å². The number of benzene rings is 1. The van der Waals surface area contributed by atoms with Crippen molar-refractivity contribution >= 4 is 10.1 Å². The molecule has 1 unspecified atom stereocenters. The lowest BCUT2D eigenvalue weighted by molar-refractivity contribution is 0.296. The Balaban J connectivity index is 2.90. The minimum Gasteiger partial charge on any atom is -0.492 e. The van der Waals surface area contributed by atoms with Crippen LogP contribution in [0.3, 0.4) is 0 Å². The molecule has 27 heavy (non-hydrogen) atoms. The second-order valence-electron chi connectivity index (χ2n) is 7.38. The van der Waals surface area contributed by atoms with Gasteiger partial charge in [0.2, 0.25) is 0 Å². The van der Waals surface area contributed by atoms with E-state index in [-0.39, 0.29) is 6.61 Å². The summed E-state index contributed by atoms with van der Waals surface area (Å²) in [7, 11) is -4.08. The number of hydrogen-bond acceptors (Lipinski definition) is 3. The topological polar surface area (TPSA) is 63.6 Å². The summed E-state index contributed by atoms with van der Waals surface area (Å²) in [5.41, 5.74) is 2.31. The molecule has 5 heteroatoms. The second kappa shape index (κ2) is 13.2. The summed E-state index contributed by atoms with van der Waals surface area (Å²) in [6.45, 7) is 6.16. The van der Waals surface area contributed by atoms with Crippen LogP contribution in [-0.2, 0) is 23.0 Å². The monoisotopic (exact) mass is 398 g/mol. The van der Waals surface area contributed by atoms with Crippen LogP contribution in [0, 0.1) is 0 Å². The van der Waals surface area contributed by atoms with Gasteiger partial charge in [0.25, 0.3) is 10.1 Å². The molecule has 1 rings (SSSR count). The Morgan fingerprint density at radius 1 is 0.889 bits per heavy atom. The number of rotatable bonds is 15. The van der Waals surface area contributed by atoms with Gasteiger partial charge < -0.3 is 4.74 Å². The van der Waals surface area contributed by atoms with Gasteiger partial charge in [0.1, 0.15) is 17.6 Å². The van der Waals surface area contributed by atoms with Crippen LogP contribution in [0.5, 0.6) is 5.75 Å². The normalized spacial score (nSPS) is 12.9. The third kappa shape index (κ3) is 9.11. The lowest BCUT2D eigenvalue weighted by Crippen LogP contribution is -2.27. The van der Waals surface area contributed by atoms with Gasteiger partial charge in [-0.25, -0.2) is 0 Å². The van der Waals surface area contributed by atoms with Gasteiger partial charge in [0.05, 0.1) is 0 Å². The first-order valence-electron chi connectivity index (χ1n) is 10.6. The standard InChI is InChI=1S/C22H38O4S/c1-4-7-9-11-14-19-16-13-17-20(15-12-10-8-5-2)22(19)26-18-21(6-3)27(23,24)25/h13,16-17,21H,4-12,14-15,18H2,1-3H3,(H,23,24,25). The second-order valence-corrected chi connectivity index (χ2v) is 9.08. The van der Waals surface area contributed by atoms with Gasteiger partial charge in [0.15, 0.2) is 0 Å². The maximum absolute atomic E-state index is 11.5. The predicted molar refractivity (Wildman–Crippen MR) is 113 cm³/mol. The largest absolute Gasteiger partial charge is 0.492 e. The number of para-hydroxylation sites is 1. The minimum atomic E-state index is -4.08. The first-order chi connectivity index (χ1) is 12.9. The van der Waals surface area contributed by atoms with E-state index < -0.39 is 15.4 Å². The zero-order valence-corrected chi connectivity index (χ0v) is 18.2. The molecule has 0 fully saturated rings. The first-order valence-corrected chi connectivity index (χ1v) is 12.1. The molecule has 0 heterocycles. The molecular formula is C22H38O4S. The van der Waals surface area contributed by atoms with E-state index in [0.717, 1.165) is 42.6 Å². The summed E-state index contributed by atoms with van der Waals surface area (Å²) in [6, 6.07) is 6.26. The van der Waals surface area contributed by atoms with Crippen molar-refractivity contribution in [3.05, 3.63) is 29.3 Å². The fourth-order valence-corrected chi connectivity index (χ4v) is 3.95. The molecule has 0 aromatic heterocycles. The summed E-state index contributed by atoms with van der Waals surface area (Å²) in [5.74, 6) is 0.840. The van der Waals surface area contributed by atoms with Crippen molar-refractivity contribution in [1.29, 1.82) is 0 Å². The van der Waals surface area contributed by atoms with Gasteiger partial charge in [-0.1, -0.05) is 77.5 Å². The smallest absolute Gasteiger partial charge is 0.271 e. The van der Waals surface area contributed by atoms with Crippen molar-refractivity contribution < 1.29 is 17.7 Å². The molecule has 0 radical (unpaired) electrons. The average molecular weight is 399 g/mol. The van der Waals surface area contributed by atoms with Crippen LogP contribution in [0.1, 0.15) is 89.7 Å². The number of unbranched alkanes of at least 4 members (excludes halogenated alkanes) is 6. The van der Waals surface area contributed by atoms with E-state index in [4.69, 9.17) is 4.74 Å². The minimum absolute atomic E-state index is 0.00324. The lowest BCUT2D eigenvalue weighted by atomic mass is 9.99. The van der Waals surface area contributed by atoms with Crippen LogP contribution in [0.15, 0.2) is 18.2 Å². The van der Waals surface area contributed by atoms with Crippen molar-refractivity contribution in [3.63, 3.8) is 0 Å². The highest BCUT2D eigenvalue weighted by Gasteiger charge is 2.23. The third-order valence-corrected chi connectivity index (χ3v) is 6.38. The van der Waals surface area contributed by atoms with Crippen LogP contribution in [0.25, 0.3) is 0 Å². The molecule has 0 spiro atoms. The highest BCUT2D eigenvalue weighted by atomic mass is 32.2. The molecule has 0 aliphatic rings. The fraction of sp³-hybridized carbons (Fsp3) is 0.727. The van der Waals surface area contributed by atoms with E-state index in [1.165, 1.54) is 38.5 Å². The summed E-state index contributed by atoms with van der Waals surface area (Å²) in [5, 5.41) is -0.876. The molecule has 0 aliphatic heterocycles. The Hall–Kier alpha value is -1.07. The van der Waals surface area contributed by atoms with Gasteiger partial charge >= 0.3 is 0 Å². The molecule has 0 saturated heterocycles. The first kappa shape index (κ1) is 24.0. The molecule has 0 aliphatic carbocycles. The van der Waals surface area contributed by atoms with Crippen molar-refractivity contribution in [2.75, 3.05) is 6.61 Å². The molecule has 0 bridgehead atoms. The van der Waals surface area contributed by atoms with E-state index in [1.807, 2.05) is 0 Å². The fourth-order valence-electron chi connectivity index (χ4n) is 3.29. The highest BCUT2D eigenvalue weighted by Crippen LogP contribution is 2.28. The Kier molecular flexibility index (Phi) is 11.7. The van der Waals surface area contributed by atoms with Crippen molar-refractivity contribution in [2.24, 2.45) is 0 Å². The predicted octanol–water partition coefficient (Wildman–Crippen LogP) is 5.98. The van der Waals surface area contributed by atoms with Gasteiger partial charge in [0, 0.05) is 0 Å². The lowest BCUT2D eigenvalue weighted by Gasteiger charge is -2.19. The zero-order valence-electron chi connectivity index (χ0n) is 17.4. The SMILES string of the molecule is CCCCCCc1cccc(CCCCCC)c1OCC(CC)S(=O)(=O)O. The summed E-state index contributed by atoms with van der Waals surface area (Å²) >= 11 is 0. The Morgan fingerprint density at radius 3 is 1.81 bits per heavy atom. The molecule has 1 N–H and O–H groups in total. The Bertz CT molecular complexity index is 595. The molecule has 156 valence electrons. The Morgan fingerprint density at radius 2 is 1.41 bits per heavy atom.